The summed E-state index contributed by atoms with van der Waals surface area (Å²) < 4.78 is 0. The van der Waals surface area contributed by atoms with Crippen molar-refractivity contribution in [2.24, 2.45) is 5.92 Å². The van der Waals surface area contributed by atoms with E-state index in [2.05, 4.69) is 45.0 Å². The minimum Gasteiger partial charge on any atom is -0.311 e. The van der Waals surface area contributed by atoms with E-state index in [9.17, 15) is 0 Å². The summed E-state index contributed by atoms with van der Waals surface area (Å²) in [7, 11) is 2.24. The van der Waals surface area contributed by atoms with Crippen LogP contribution in [0.2, 0.25) is 0 Å². The average molecular weight is 198 g/mol. The first-order chi connectivity index (χ1) is 6.40. The molecule has 1 fully saturated rings. The molecule has 1 saturated carbocycles. The Morgan fingerprint density at radius 2 is 1.93 bits per heavy atom. The second kappa shape index (κ2) is 4.63. The SMILES string of the molecule is CC(C1CC1)N(C)CCNC(C)(C)C. The molecular formula is C12H26N2. The van der Waals surface area contributed by atoms with Crippen LogP contribution in [0.4, 0.5) is 0 Å². The molecule has 0 spiro atoms. The summed E-state index contributed by atoms with van der Waals surface area (Å²) in [5, 5.41) is 3.53. The summed E-state index contributed by atoms with van der Waals surface area (Å²) in [5.74, 6) is 0.981. The molecule has 0 radical (unpaired) electrons. The van der Waals surface area contributed by atoms with E-state index in [4.69, 9.17) is 0 Å². The van der Waals surface area contributed by atoms with Gasteiger partial charge in [0.15, 0.2) is 0 Å². The van der Waals surface area contributed by atoms with Crippen molar-refractivity contribution in [2.75, 3.05) is 20.1 Å². The highest BCUT2D eigenvalue weighted by Gasteiger charge is 2.30. The van der Waals surface area contributed by atoms with E-state index >= 15 is 0 Å². The summed E-state index contributed by atoms with van der Waals surface area (Å²) in [6.07, 6.45) is 2.89. The van der Waals surface area contributed by atoms with Gasteiger partial charge in [-0.05, 0) is 53.5 Å². The van der Waals surface area contributed by atoms with E-state index in [1.807, 2.05) is 0 Å². The van der Waals surface area contributed by atoms with Gasteiger partial charge in [-0.1, -0.05) is 0 Å². The molecule has 1 aliphatic carbocycles. The fourth-order valence-corrected chi connectivity index (χ4v) is 1.75. The standard InChI is InChI=1S/C12H26N2/c1-10(11-6-7-11)14(5)9-8-13-12(2,3)4/h10-11,13H,6-9H2,1-5H3. The van der Waals surface area contributed by atoms with Gasteiger partial charge in [0.05, 0.1) is 0 Å². The highest BCUT2D eigenvalue weighted by molar-refractivity contribution is 4.84. The van der Waals surface area contributed by atoms with Crippen molar-refractivity contribution in [2.45, 2.75) is 52.1 Å². The van der Waals surface area contributed by atoms with E-state index in [-0.39, 0.29) is 5.54 Å². The van der Waals surface area contributed by atoms with Crippen molar-refractivity contribution in [3.05, 3.63) is 0 Å². The summed E-state index contributed by atoms with van der Waals surface area (Å²) >= 11 is 0. The summed E-state index contributed by atoms with van der Waals surface area (Å²) in [6, 6.07) is 0.775. The Kier molecular flexibility index (Phi) is 3.96. The summed E-state index contributed by atoms with van der Waals surface area (Å²) in [5.41, 5.74) is 0.254. The molecule has 84 valence electrons. The molecular weight excluding hydrogens is 172 g/mol. The van der Waals surface area contributed by atoms with Crippen molar-refractivity contribution < 1.29 is 0 Å². The van der Waals surface area contributed by atoms with Gasteiger partial charge in [-0.15, -0.1) is 0 Å². The minimum atomic E-state index is 0.254. The topological polar surface area (TPSA) is 15.3 Å². The Morgan fingerprint density at radius 3 is 2.36 bits per heavy atom. The van der Waals surface area contributed by atoms with Crippen molar-refractivity contribution in [3.8, 4) is 0 Å². The zero-order valence-corrected chi connectivity index (χ0v) is 10.4. The third-order valence-corrected chi connectivity index (χ3v) is 3.12. The lowest BCUT2D eigenvalue weighted by Crippen LogP contribution is -2.42. The molecule has 1 atom stereocenters. The van der Waals surface area contributed by atoms with Gasteiger partial charge in [-0.3, -0.25) is 0 Å². The molecule has 0 amide bonds. The van der Waals surface area contributed by atoms with E-state index in [0.29, 0.717) is 0 Å². The molecule has 2 nitrogen and oxygen atoms in total. The van der Waals surface area contributed by atoms with Crippen molar-refractivity contribution in [1.29, 1.82) is 0 Å². The third kappa shape index (κ3) is 4.43. The van der Waals surface area contributed by atoms with Crippen LogP contribution in [0.15, 0.2) is 0 Å². The predicted molar refractivity (Wildman–Crippen MR) is 62.6 cm³/mol. The molecule has 0 aliphatic heterocycles. The average Bonchev–Trinajstić information content (AvgIpc) is 2.82. The quantitative estimate of drug-likeness (QED) is 0.728. The van der Waals surface area contributed by atoms with Gasteiger partial charge in [0.25, 0.3) is 0 Å². The van der Waals surface area contributed by atoms with Crippen LogP contribution < -0.4 is 5.32 Å². The van der Waals surface area contributed by atoms with Crippen LogP contribution in [-0.2, 0) is 0 Å². The Labute approximate surface area is 89.1 Å². The molecule has 2 heteroatoms. The number of hydrogen-bond donors (Lipinski definition) is 1. The lowest BCUT2D eigenvalue weighted by molar-refractivity contribution is 0.227. The Balaban J connectivity index is 2.11. The number of rotatable bonds is 5. The molecule has 1 rings (SSSR count). The van der Waals surface area contributed by atoms with Crippen molar-refractivity contribution in [3.63, 3.8) is 0 Å². The first-order valence-corrected chi connectivity index (χ1v) is 5.85. The largest absolute Gasteiger partial charge is 0.311 e. The smallest absolute Gasteiger partial charge is 0.0107 e. The maximum absolute atomic E-state index is 3.53. The molecule has 0 saturated heterocycles. The zero-order valence-electron chi connectivity index (χ0n) is 10.4. The zero-order chi connectivity index (χ0) is 10.8. The van der Waals surface area contributed by atoms with Crippen LogP contribution in [0.1, 0.15) is 40.5 Å². The van der Waals surface area contributed by atoms with Gasteiger partial charge in [-0.2, -0.15) is 0 Å². The van der Waals surface area contributed by atoms with E-state index in [1.54, 1.807) is 0 Å². The number of nitrogens with zero attached hydrogens (tertiary/aromatic N) is 1. The van der Waals surface area contributed by atoms with Gasteiger partial charge in [0.1, 0.15) is 0 Å². The van der Waals surface area contributed by atoms with E-state index in [0.717, 1.165) is 25.0 Å². The molecule has 0 aromatic rings. The maximum atomic E-state index is 3.53. The Hall–Kier alpha value is -0.0800. The monoisotopic (exact) mass is 198 g/mol. The van der Waals surface area contributed by atoms with Crippen LogP contribution in [0.3, 0.4) is 0 Å². The highest BCUT2D eigenvalue weighted by Crippen LogP contribution is 2.34. The second-order valence-corrected chi connectivity index (χ2v) is 5.74. The first kappa shape index (κ1) is 12.0. The molecule has 14 heavy (non-hydrogen) atoms. The second-order valence-electron chi connectivity index (χ2n) is 5.74. The van der Waals surface area contributed by atoms with Crippen molar-refractivity contribution in [1.82, 2.24) is 10.2 Å². The lowest BCUT2D eigenvalue weighted by atomic mass is 10.1. The number of hydrogen-bond acceptors (Lipinski definition) is 2. The molecule has 0 heterocycles. The number of nitrogens with one attached hydrogen (secondary N) is 1. The highest BCUT2D eigenvalue weighted by atomic mass is 15.1. The van der Waals surface area contributed by atoms with E-state index < -0.39 is 0 Å². The maximum Gasteiger partial charge on any atom is 0.0107 e. The van der Waals surface area contributed by atoms with Gasteiger partial charge < -0.3 is 10.2 Å². The Morgan fingerprint density at radius 1 is 1.36 bits per heavy atom. The molecule has 0 aromatic heterocycles. The van der Waals surface area contributed by atoms with Crippen LogP contribution in [0, 0.1) is 5.92 Å². The third-order valence-electron chi connectivity index (χ3n) is 3.12. The van der Waals surface area contributed by atoms with Crippen LogP contribution >= 0.6 is 0 Å². The first-order valence-electron chi connectivity index (χ1n) is 5.85. The normalized spacial score (nSPS) is 20.1. The molecule has 0 aromatic carbocycles. The van der Waals surface area contributed by atoms with Gasteiger partial charge >= 0.3 is 0 Å². The molecule has 1 N–H and O–H groups in total. The fourth-order valence-electron chi connectivity index (χ4n) is 1.75. The van der Waals surface area contributed by atoms with Crippen LogP contribution in [0.5, 0.6) is 0 Å². The lowest BCUT2D eigenvalue weighted by Gasteiger charge is -2.27. The fraction of sp³-hybridized carbons (Fsp3) is 1.00. The minimum absolute atomic E-state index is 0.254. The molecule has 1 unspecified atom stereocenters. The molecule has 0 bridgehead atoms. The summed E-state index contributed by atoms with van der Waals surface area (Å²) in [4.78, 5) is 2.48. The van der Waals surface area contributed by atoms with Gasteiger partial charge in [0.2, 0.25) is 0 Å². The predicted octanol–water partition coefficient (Wildman–Crippen LogP) is 2.10. The van der Waals surface area contributed by atoms with Crippen LogP contribution in [0.25, 0.3) is 0 Å². The summed E-state index contributed by atoms with van der Waals surface area (Å²) in [6.45, 7) is 11.3. The van der Waals surface area contributed by atoms with E-state index in [1.165, 1.54) is 12.8 Å². The van der Waals surface area contributed by atoms with Gasteiger partial charge in [0, 0.05) is 24.7 Å². The Bertz CT molecular complexity index is 168. The van der Waals surface area contributed by atoms with Crippen molar-refractivity contribution >= 4 is 0 Å². The molecule has 1 aliphatic rings. The van der Waals surface area contributed by atoms with Crippen LogP contribution in [-0.4, -0.2) is 36.6 Å². The number of likely N-dealkylation sites (N-methyl/N-ethyl adjacent to an activating group) is 1. The van der Waals surface area contributed by atoms with Gasteiger partial charge in [-0.25, -0.2) is 0 Å².